The molecule has 300 valence electrons. The van der Waals surface area contributed by atoms with Gasteiger partial charge in [0.1, 0.15) is 11.5 Å². The van der Waals surface area contributed by atoms with Crippen molar-refractivity contribution in [3.63, 3.8) is 0 Å². The number of hydrogen-bond acceptors (Lipinski definition) is 1. The zero-order chi connectivity index (χ0) is 42.4. The Morgan fingerprint density at radius 1 is 0.262 bits per heavy atom. The molecule has 1 heterocycles. The molecule has 0 amide bonds. The van der Waals surface area contributed by atoms with Crippen LogP contribution in [0.5, 0.6) is 11.5 Å². The molecular weight excluding hydrogens is 785 g/mol. The van der Waals surface area contributed by atoms with Gasteiger partial charge < -0.3 is 4.74 Å². The van der Waals surface area contributed by atoms with Gasteiger partial charge in [-0.2, -0.15) is 0 Å². The van der Waals surface area contributed by atoms with Crippen LogP contribution in [0.25, 0.3) is 77.2 Å². The van der Waals surface area contributed by atoms with Gasteiger partial charge in [0.15, 0.2) is 0 Å². The highest BCUT2D eigenvalue weighted by Crippen LogP contribution is 2.66. The summed E-state index contributed by atoms with van der Waals surface area (Å²) in [6.07, 6.45) is 0. The maximum absolute atomic E-state index is 7.13. The zero-order valence-electron chi connectivity index (χ0n) is 35.3. The third-order valence-corrected chi connectivity index (χ3v) is 15.4. The smallest absolute Gasteiger partial charge is 0.140 e. The summed E-state index contributed by atoms with van der Waals surface area (Å²) in [4.78, 5) is 0. The predicted octanol–water partition coefficient (Wildman–Crippen LogP) is 16.1. The van der Waals surface area contributed by atoms with Crippen LogP contribution < -0.4 is 4.74 Å². The highest BCUT2D eigenvalue weighted by molar-refractivity contribution is 6.08. The van der Waals surface area contributed by atoms with E-state index in [0.717, 1.165) is 16.9 Å². The molecule has 1 unspecified atom stereocenters. The Balaban J connectivity index is 1.01. The second-order valence-corrected chi connectivity index (χ2v) is 18.1. The molecule has 65 heavy (non-hydrogen) atoms. The van der Waals surface area contributed by atoms with Crippen LogP contribution in [-0.4, -0.2) is 0 Å². The Hall–Kier alpha value is -8.26. The standard InChI is InChI=1S/C64H38O/c1-2-19-42-39(17-1)34-36-57-61(42)50-26-10-14-30-55(50)64(57)54-29-13-9-24-47(54)48-35-33-40(37-58(48)64)41-18-3-4-20-43(41)51-38-59-62(49-25-6-5-21-44(49)51)65-60-32-16-15-31-56(60)63(59)52-27-11-7-22-45(52)46-23-8-12-28-53(46)63/h1-38H. The van der Waals surface area contributed by atoms with Crippen molar-refractivity contribution in [1.29, 1.82) is 0 Å². The summed E-state index contributed by atoms with van der Waals surface area (Å²) >= 11 is 0. The molecule has 0 fully saturated rings. The molecule has 11 aromatic rings. The van der Waals surface area contributed by atoms with Crippen LogP contribution in [-0.2, 0) is 10.8 Å². The van der Waals surface area contributed by atoms with Gasteiger partial charge in [-0.25, -0.2) is 0 Å². The largest absolute Gasteiger partial charge is 0.456 e. The quantitative estimate of drug-likeness (QED) is 0.169. The number of hydrogen-bond donors (Lipinski definition) is 0. The van der Waals surface area contributed by atoms with E-state index in [1.54, 1.807) is 0 Å². The van der Waals surface area contributed by atoms with Crippen LogP contribution in [0.2, 0.25) is 0 Å². The fourth-order valence-corrected chi connectivity index (χ4v) is 12.9. The zero-order valence-corrected chi connectivity index (χ0v) is 35.3. The summed E-state index contributed by atoms with van der Waals surface area (Å²) in [6, 6.07) is 86.3. The van der Waals surface area contributed by atoms with Crippen molar-refractivity contribution < 1.29 is 4.74 Å². The summed E-state index contributed by atoms with van der Waals surface area (Å²) < 4.78 is 7.13. The minimum Gasteiger partial charge on any atom is -0.456 e. The number of ether oxygens (including phenoxy) is 1. The second kappa shape index (κ2) is 12.7. The van der Waals surface area contributed by atoms with Gasteiger partial charge in [-0.1, -0.05) is 212 Å². The Morgan fingerprint density at radius 2 is 0.754 bits per heavy atom. The molecular formula is C64H38O. The average Bonchev–Trinajstić information content (AvgIpc) is 3.97. The number of para-hydroxylation sites is 1. The highest BCUT2D eigenvalue weighted by atomic mass is 16.5. The fourth-order valence-electron chi connectivity index (χ4n) is 12.9. The first-order chi connectivity index (χ1) is 32.3. The van der Waals surface area contributed by atoms with E-state index in [1.807, 2.05) is 0 Å². The van der Waals surface area contributed by atoms with E-state index in [-0.39, 0.29) is 0 Å². The van der Waals surface area contributed by atoms with Gasteiger partial charge in [0, 0.05) is 16.5 Å². The summed E-state index contributed by atoms with van der Waals surface area (Å²) in [6.45, 7) is 0. The molecule has 0 bridgehead atoms. The molecule has 0 N–H and O–H groups in total. The topological polar surface area (TPSA) is 9.23 Å². The lowest BCUT2D eigenvalue weighted by Gasteiger charge is -2.40. The van der Waals surface area contributed by atoms with Crippen LogP contribution in [0.4, 0.5) is 0 Å². The Morgan fingerprint density at radius 3 is 1.45 bits per heavy atom. The third kappa shape index (κ3) is 4.29. The summed E-state index contributed by atoms with van der Waals surface area (Å²) in [5.41, 5.74) is 21.9. The molecule has 0 aromatic heterocycles. The molecule has 0 saturated heterocycles. The minimum atomic E-state index is -0.579. The molecule has 0 radical (unpaired) electrons. The lowest BCUT2D eigenvalue weighted by Crippen LogP contribution is -2.32. The molecule has 3 aliphatic carbocycles. The number of rotatable bonds is 2. The van der Waals surface area contributed by atoms with Crippen molar-refractivity contribution in [3.8, 4) is 67.1 Å². The molecule has 1 nitrogen and oxygen atoms in total. The van der Waals surface area contributed by atoms with Gasteiger partial charge in [0.05, 0.1) is 10.8 Å². The van der Waals surface area contributed by atoms with E-state index < -0.39 is 10.8 Å². The van der Waals surface area contributed by atoms with Crippen LogP contribution in [0, 0.1) is 0 Å². The van der Waals surface area contributed by atoms with E-state index in [0.29, 0.717) is 0 Å². The number of benzene rings is 11. The first-order valence-electron chi connectivity index (χ1n) is 22.8. The first kappa shape index (κ1) is 35.2. The fraction of sp³-hybridized carbons (Fsp3) is 0.0312. The summed E-state index contributed by atoms with van der Waals surface area (Å²) in [5.74, 6) is 1.83. The van der Waals surface area contributed by atoms with Crippen molar-refractivity contribution >= 4 is 21.5 Å². The third-order valence-electron chi connectivity index (χ3n) is 15.4. The van der Waals surface area contributed by atoms with E-state index in [1.165, 1.54) is 116 Å². The summed E-state index contributed by atoms with van der Waals surface area (Å²) in [7, 11) is 0. The van der Waals surface area contributed by atoms with E-state index in [2.05, 4.69) is 231 Å². The molecule has 1 aliphatic heterocycles. The van der Waals surface area contributed by atoms with Gasteiger partial charge in [-0.05, 0) is 123 Å². The minimum absolute atomic E-state index is 0.467. The van der Waals surface area contributed by atoms with Crippen molar-refractivity contribution in [2.75, 3.05) is 0 Å². The van der Waals surface area contributed by atoms with Crippen molar-refractivity contribution in [3.05, 3.63) is 275 Å². The summed E-state index contributed by atoms with van der Waals surface area (Å²) in [5, 5.41) is 4.85. The van der Waals surface area contributed by atoms with Crippen molar-refractivity contribution in [2.45, 2.75) is 10.8 Å². The molecule has 1 atom stereocenters. The van der Waals surface area contributed by atoms with Gasteiger partial charge in [-0.15, -0.1) is 0 Å². The van der Waals surface area contributed by atoms with Crippen molar-refractivity contribution in [2.24, 2.45) is 0 Å². The van der Waals surface area contributed by atoms with E-state index >= 15 is 0 Å². The molecule has 2 spiro atoms. The molecule has 4 aliphatic rings. The lowest BCUT2D eigenvalue weighted by atomic mass is 9.65. The van der Waals surface area contributed by atoms with Crippen LogP contribution in [0.3, 0.4) is 0 Å². The molecule has 11 aromatic carbocycles. The number of fused-ring (bicyclic) bond motifs is 23. The van der Waals surface area contributed by atoms with E-state index in [9.17, 15) is 0 Å². The first-order valence-corrected chi connectivity index (χ1v) is 22.8. The Kier molecular flexibility index (Phi) is 6.88. The SMILES string of the molecule is c1ccc2c(c1)Oc1c(cc(-c3ccccc3-c3ccc4c(c3)C3(c5ccccc5-4)c4ccccc4-c4c3ccc3ccccc43)c3ccccc13)C21c2ccccc2-c2ccccc21. The van der Waals surface area contributed by atoms with Crippen LogP contribution >= 0.6 is 0 Å². The average molecular weight is 823 g/mol. The predicted molar refractivity (Wildman–Crippen MR) is 266 cm³/mol. The Bertz CT molecular complexity index is 3840. The Labute approximate surface area is 377 Å². The van der Waals surface area contributed by atoms with E-state index in [4.69, 9.17) is 4.74 Å². The monoisotopic (exact) mass is 822 g/mol. The normalized spacial score (nSPS) is 16.0. The molecule has 0 saturated carbocycles. The van der Waals surface area contributed by atoms with Crippen LogP contribution in [0.15, 0.2) is 231 Å². The second-order valence-electron chi connectivity index (χ2n) is 18.1. The van der Waals surface area contributed by atoms with Crippen LogP contribution in [0.1, 0.15) is 44.5 Å². The lowest BCUT2D eigenvalue weighted by molar-refractivity contribution is 0.442. The molecule has 15 rings (SSSR count). The van der Waals surface area contributed by atoms with Gasteiger partial charge in [0.25, 0.3) is 0 Å². The highest BCUT2D eigenvalue weighted by Gasteiger charge is 2.53. The van der Waals surface area contributed by atoms with Gasteiger partial charge in [-0.3, -0.25) is 0 Å². The molecule has 1 heteroatoms. The maximum Gasteiger partial charge on any atom is 0.140 e. The van der Waals surface area contributed by atoms with Crippen molar-refractivity contribution in [1.82, 2.24) is 0 Å². The van der Waals surface area contributed by atoms with Gasteiger partial charge >= 0.3 is 0 Å². The van der Waals surface area contributed by atoms with Gasteiger partial charge in [0.2, 0.25) is 0 Å². The maximum atomic E-state index is 7.13.